The second-order valence-corrected chi connectivity index (χ2v) is 7.08. The highest BCUT2D eigenvalue weighted by molar-refractivity contribution is 6.35. The van der Waals surface area contributed by atoms with Gasteiger partial charge >= 0.3 is 0 Å². The highest BCUT2D eigenvalue weighted by Gasteiger charge is 2.37. The fourth-order valence-corrected chi connectivity index (χ4v) is 3.75. The number of aliphatic hydroxyl groups excluding tert-OH is 4. The van der Waals surface area contributed by atoms with Gasteiger partial charge in [0.25, 0.3) is 0 Å². The number of anilines is 4. The zero-order valence-corrected chi connectivity index (χ0v) is 17.6. The van der Waals surface area contributed by atoms with E-state index in [2.05, 4.69) is 21.3 Å². The number of benzene rings is 2. The van der Waals surface area contributed by atoms with Crippen LogP contribution in [0.15, 0.2) is 24.3 Å². The summed E-state index contributed by atoms with van der Waals surface area (Å²) in [4.78, 5) is 27.5. The summed E-state index contributed by atoms with van der Waals surface area (Å²) in [5, 5.41) is 48.8. The first-order valence-corrected chi connectivity index (χ1v) is 10.4. The number of hydrogen-bond acceptors (Lipinski definition) is 10. The van der Waals surface area contributed by atoms with Gasteiger partial charge in [-0.1, -0.05) is 0 Å². The van der Waals surface area contributed by atoms with Crippen molar-refractivity contribution in [3.05, 3.63) is 46.5 Å². The third-order valence-electron chi connectivity index (χ3n) is 5.03. The highest BCUT2D eigenvalue weighted by atomic mass is 16.3. The minimum Gasteiger partial charge on any atom is -0.395 e. The van der Waals surface area contributed by atoms with Crippen molar-refractivity contribution >= 4 is 34.3 Å². The van der Waals surface area contributed by atoms with E-state index in [1.54, 1.807) is 24.3 Å². The van der Waals surface area contributed by atoms with Gasteiger partial charge in [-0.2, -0.15) is 0 Å². The van der Waals surface area contributed by atoms with E-state index in [1.807, 2.05) is 0 Å². The number of fused-ring (bicyclic) bond motifs is 2. The summed E-state index contributed by atoms with van der Waals surface area (Å²) in [5.74, 6) is -0.786. The maximum atomic E-state index is 13.8. The molecule has 0 fully saturated rings. The van der Waals surface area contributed by atoms with E-state index in [-0.39, 0.29) is 74.9 Å². The van der Waals surface area contributed by atoms with Gasteiger partial charge in [0.2, 0.25) is 0 Å². The summed E-state index contributed by atoms with van der Waals surface area (Å²) in [6.45, 7) is 0.145. The Morgan fingerprint density at radius 2 is 0.688 bits per heavy atom. The number of nitrogens with one attached hydrogen (secondary N) is 4. The van der Waals surface area contributed by atoms with E-state index in [4.69, 9.17) is 0 Å². The van der Waals surface area contributed by atoms with Crippen molar-refractivity contribution < 1.29 is 30.0 Å². The van der Waals surface area contributed by atoms with Crippen LogP contribution >= 0.6 is 0 Å². The van der Waals surface area contributed by atoms with Gasteiger partial charge in [0.15, 0.2) is 11.6 Å². The monoisotopic (exact) mass is 444 g/mol. The molecule has 2 aromatic carbocycles. The lowest BCUT2D eigenvalue weighted by Gasteiger charge is -2.27. The number of carbonyl (C=O) groups is 2. The Kier molecular flexibility index (Phi) is 8.01. The van der Waals surface area contributed by atoms with Crippen LogP contribution in [0.5, 0.6) is 0 Å². The molecule has 0 bridgehead atoms. The topological polar surface area (TPSA) is 163 Å². The third kappa shape index (κ3) is 4.53. The molecular formula is C22H28N4O6. The van der Waals surface area contributed by atoms with Crippen LogP contribution in [0.2, 0.25) is 0 Å². The van der Waals surface area contributed by atoms with Gasteiger partial charge in [-0.15, -0.1) is 0 Å². The molecule has 0 heterocycles. The Morgan fingerprint density at radius 3 is 0.875 bits per heavy atom. The van der Waals surface area contributed by atoms with Crippen molar-refractivity contribution in [2.45, 2.75) is 0 Å². The van der Waals surface area contributed by atoms with Crippen molar-refractivity contribution in [2.24, 2.45) is 0 Å². The lowest BCUT2D eigenvalue weighted by Crippen LogP contribution is -2.28. The molecule has 3 rings (SSSR count). The molecule has 0 aromatic heterocycles. The second kappa shape index (κ2) is 10.9. The fourth-order valence-electron chi connectivity index (χ4n) is 3.75. The van der Waals surface area contributed by atoms with E-state index in [0.717, 1.165) is 0 Å². The first-order valence-electron chi connectivity index (χ1n) is 10.4. The molecule has 10 nitrogen and oxygen atoms in total. The average Bonchev–Trinajstić information content (AvgIpc) is 2.81. The number of rotatable bonds is 12. The molecule has 2 aromatic rings. The number of ketones is 2. The van der Waals surface area contributed by atoms with Crippen molar-refractivity contribution in [2.75, 3.05) is 73.9 Å². The van der Waals surface area contributed by atoms with E-state index < -0.39 is 11.6 Å². The maximum absolute atomic E-state index is 13.8. The molecule has 0 aliphatic heterocycles. The van der Waals surface area contributed by atoms with Crippen LogP contribution in [-0.2, 0) is 0 Å². The molecule has 0 saturated heterocycles. The lowest BCUT2D eigenvalue weighted by atomic mass is 9.80. The van der Waals surface area contributed by atoms with E-state index in [0.29, 0.717) is 22.7 Å². The van der Waals surface area contributed by atoms with Crippen LogP contribution in [0.4, 0.5) is 22.7 Å². The van der Waals surface area contributed by atoms with Crippen molar-refractivity contribution in [3.63, 3.8) is 0 Å². The van der Waals surface area contributed by atoms with Gasteiger partial charge in [-0.25, -0.2) is 0 Å². The number of aliphatic hydroxyl groups is 4. The molecule has 172 valence electrons. The summed E-state index contributed by atoms with van der Waals surface area (Å²) >= 11 is 0. The van der Waals surface area contributed by atoms with Crippen LogP contribution in [0, 0.1) is 0 Å². The zero-order chi connectivity index (χ0) is 23.1. The molecule has 0 unspecified atom stereocenters. The van der Waals surface area contributed by atoms with E-state index in [9.17, 15) is 30.0 Å². The Morgan fingerprint density at radius 1 is 0.469 bits per heavy atom. The predicted octanol–water partition coefficient (Wildman–Crippen LogP) is 0.0788. The molecule has 1 aliphatic rings. The summed E-state index contributed by atoms with van der Waals surface area (Å²) in [7, 11) is 0. The average molecular weight is 444 g/mol. The highest BCUT2D eigenvalue weighted by Crippen LogP contribution is 2.41. The third-order valence-corrected chi connectivity index (χ3v) is 5.03. The SMILES string of the molecule is O=C1c2c(NCCO)ccc(NCCO)c2C(=O)c2c(NCCO)ccc(NCCO)c21. The van der Waals surface area contributed by atoms with Crippen LogP contribution in [0.3, 0.4) is 0 Å². The first-order chi connectivity index (χ1) is 15.6. The quantitative estimate of drug-likeness (QED) is 0.192. The maximum Gasteiger partial charge on any atom is 0.198 e. The lowest BCUT2D eigenvalue weighted by molar-refractivity contribution is 0.0981. The van der Waals surface area contributed by atoms with Crippen LogP contribution in [-0.4, -0.2) is 84.6 Å². The number of hydrogen-bond donors (Lipinski definition) is 8. The fraction of sp³-hybridized carbons (Fsp3) is 0.364. The molecule has 10 heteroatoms. The minimum absolute atomic E-state index is 0.156. The number of carbonyl (C=O) groups excluding carboxylic acids is 2. The zero-order valence-electron chi connectivity index (χ0n) is 17.6. The van der Waals surface area contributed by atoms with Crippen LogP contribution < -0.4 is 21.3 Å². The summed E-state index contributed by atoms with van der Waals surface area (Å²) < 4.78 is 0. The molecule has 32 heavy (non-hydrogen) atoms. The normalized spacial score (nSPS) is 12.2. The molecule has 0 amide bonds. The van der Waals surface area contributed by atoms with Crippen LogP contribution in [0.25, 0.3) is 0 Å². The van der Waals surface area contributed by atoms with Crippen LogP contribution in [0.1, 0.15) is 31.8 Å². The molecule has 0 spiro atoms. The van der Waals surface area contributed by atoms with E-state index in [1.165, 1.54) is 0 Å². The van der Waals surface area contributed by atoms with Gasteiger partial charge in [-0.3, -0.25) is 9.59 Å². The smallest absolute Gasteiger partial charge is 0.198 e. The standard InChI is InChI=1S/C22H28N4O6/c27-9-5-23-13-1-2-14(24-6-10-28)18-17(13)21(31)19-15(25-7-11-29)3-4-16(26-8-12-30)20(19)22(18)32/h1-4,23-30H,5-12H2. The molecule has 8 N–H and O–H groups in total. The molecule has 1 aliphatic carbocycles. The summed E-state index contributed by atoms with van der Waals surface area (Å²) in [6.07, 6.45) is 0. The molecule has 0 saturated carbocycles. The van der Waals surface area contributed by atoms with Gasteiger partial charge in [0, 0.05) is 48.9 Å². The Bertz CT molecular complexity index is 841. The van der Waals surface area contributed by atoms with Crippen molar-refractivity contribution in [1.82, 2.24) is 0 Å². The Balaban J connectivity index is 2.24. The van der Waals surface area contributed by atoms with Gasteiger partial charge in [0.1, 0.15) is 0 Å². The van der Waals surface area contributed by atoms with Crippen molar-refractivity contribution in [3.8, 4) is 0 Å². The summed E-state index contributed by atoms with van der Waals surface area (Å²) in [5.41, 5.74) is 2.33. The van der Waals surface area contributed by atoms with Gasteiger partial charge in [0.05, 0.1) is 48.7 Å². The second-order valence-electron chi connectivity index (χ2n) is 7.08. The van der Waals surface area contributed by atoms with Crippen molar-refractivity contribution in [1.29, 1.82) is 0 Å². The molecule has 0 radical (unpaired) electrons. The molecule has 0 atom stereocenters. The Hall–Kier alpha value is -3.18. The van der Waals surface area contributed by atoms with Gasteiger partial charge < -0.3 is 41.7 Å². The van der Waals surface area contributed by atoms with Gasteiger partial charge in [-0.05, 0) is 24.3 Å². The first kappa shape index (κ1) is 23.5. The Labute approximate surface area is 185 Å². The minimum atomic E-state index is -0.393. The predicted molar refractivity (Wildman–Crippen MR) is 122 cm³/mol. The largest absolute Gasteiger partial charge is 0.395 e. The van der Waals surface area contributed by atoms with E-state index >= 15 is 0 Å². The molecular weight excluding hydrogens is 416 g/mol. The summed E-state index contributed by atoms with van der Waals surface area (Å²) in [6, 6.07) is 6.61.